The van der Waals surface area contributed by atoms with Crippen LogP contribution in [-0.4, -0.2) is 37.0 Å². The van der Waals surface area contributed by atoms with E-state index in [0.717, 1.165) is 32.6 Å². The van der Waals surface area contributed by atoms with E-state index in [1.807, 2.05) is 23.1 Å². The van der Waals surface area contributed by atoms with Crippen LogP contribution >= 0.6 is 0 Å². The fraction of sp³-hybridized carbons (Fsp3) is 0.409. The van der Waals surface area contributed by atoms with E-state index in [2.05, 4.69) is 62.1 Å². The third-order valence-corrected chi connectivity index (χ3v) is 5.00. The van der Waals surface area contributed by atoms with Crippen molar-refractivity contribution < 1.29 is 4.79 Å². The Labute approximate surface area is 151 Å². The molecule has 0 aromatic heterocycles. The zero-order valence-electron chi connectivity index (χ0n) is 15.5. The standard InChI is InChI=1S/C22H28N2O/c1-18-8-7-11-20(16-18)23-12-14-24(15-13-23)21(25)22(2,3)17-19-9-5-4-6-10-19/h4-11,16H,12-15,17H2,1-3H3. The van der Waals surface area contributed by atoms with Gasteiger partial charge >= 0.3 is 0 Å². The molecule has 0 atom stereocenters. The molecule has 0 bridgehead atoms. The van der Waals surface area contributed by atoms with Crippen LogP contribution in [0.5, 0.6) is 0 Å². The van der Waals surface area contributed by atoms with E-state index in [9.17, 15) is 4.79 Å². The molecule has 2 aromatic carbocycles. The number of anilines is 1. The van der Waals surface area contributed by atoms with Crippen molar-refractivity contribution in [2.45, 2.75) is 27.2 Å². The minimum atomic E-state index is -0.368. The van der Waals surface area contributed by atoms with Gasteiger partial charge in [-0.2, -0.15) is 0 Å². The maximum absolute atomic E-state index is 13.0. The molecule has 1 fully saturated rings. The molecule has 2 aromatic rings. The second kappa shape index (κ2) is 7.30. The first-order valence-corrected chi connectivity index (χ1v) is 9.11. The van der Waals surface area contributed by atoms with Gasteiger partial charge in [0.2, 0.25) is 5.91 Å². The summed E-state index contributed by atoms with van der Waals surface area (Å²) in [6.07, 6.45) is 0.783. The summed E-state index contributed by atoms with van der Waals surface area (Å²) in [4.78, 5) is 17.4. The molecule has 3 nitrogen and oxygen atoms in total. The average molecular weight is 336 g/mol. The third kappa shape index (κ3) is 4.22. The molecule has 1 amide bonds. The number of carbonyl (C=O) groups excluding carboxylic acids is 1. The van der Waals surface area contributed by atoms with Gasteiger partial charge in [0.1, 0.15) is 0 Å². The van der Waals surface area contributed by atoms with Crippen molar-refractivity contribution in [1.29, 1.82) is 0 Å². The summed E-state index contributed by atoms with van der Waals surface area (Å²) < 4.78 is 0. The molecule has 3 heteroatoms. The minimum absolute atomic E-state index is 0.264. The smallest absolute Gasteiger partial charge is 0.228 e. The van der Waals surface area contributed by atoms with Crippen LogP contribution < -0.4 is 4.90 Å². The van der Waals surface area contributed by atoms with Crippen LogP contribution in [0.4, 0.5) is 5.69 Å². The highest BCUT2D eigenvalue weighted by Crippen LogP contribution is 2.26. The third-order valence-electron chi connectivity index (χ3n) is 5.00. The Balaban J connectivity index is 1.61. The maximum atomic E-state index is 13.0. The number of piperazine rings is 1. The number of hydrogen-bond donors (Lipinski definition) is 0. The number of hydrogen-bond acceptors (Lipinski definition) is 2. The maximum Gasteiger partial charge on any atom is 0.228 e. The number of benzene rings is 2. The van der Waals surface area contributed by atoms with Crippen molar-refractivity contribution in [1.82, 2.24) is 4.90 Å². The zero-order valence-corrected chi connectivity index (χ0v) is 15.5. The van der Waals surface area contributed by atoms with E-state index >= 15 is 0 Å². The average Bonchev–Trinajstić information content (AvgIpc) is 2.62. The van der Waals surface area contributed by atoms with E-state index in [0.29, 0.717) is 0 Å². The fourth-order valence-corrected chi connectivity index (χ4v) is 3.60. The van der Waals surface area contributed by atoms with Gasteiger partial charge in [-0.3, -0.25) is 4.79 Å². The van der Waals surface area contributed by atoms with Crippen molar-refractivity contribution in [3.05, 3.63) is 65.7 Å². The summed E-state index contributed by atoms with van der Waals surface area (Å²) in [7, 11) is 0. The lowest BCUT2D eigenvalue weighted by atomic mass is 9.84. The van der Waals surface area contributed by atoms with Crippen molar-refractivity contribution in [2.75, 3.05) is 31.1 Å². The Morgan fingerprint density at radius 2 is 1.64 bits per heavy atom. The van der Waals surface area contributed by atoms with Crippen LogP contribution in [0, 0.1) is 12.3 Å². The first-order chi connectivity index (χ1) is 12.0. The largest absolute Gasteiger partial charge is 0.368 e. The SMILES string of the molecule is Cc1cccc(N2CCN(C(=O)C(C)(C)Cc3ccccc3)CC2)c1. The molecular formula is C22H28N2O. The monoisotopic (exact) mass is 336 g/mol. The second-order valence-corrected chi connectivity index (χ2v) is 7.66. The molecule has 0 aliphatic carbocycles. The second-order valence-electron chi connectivity index (χ2n) is 7.66. The first-order valence-electron chi connectivity index (χ1n) is 9.11. The summed E-state index contributed by atoms with van der Waals surface area (Å²) in [5.74, 6) is 0.264. The number of carbonyl (C=O) groups is 1. The summed E-state index contributed by atoms with van der Waals surface area (Å²) in [6, 6.07) is 18.9. The van der Waals surface area contributed by atoms with Crippen LogP contribution in [0.15, 0.2) is 54.6 Å². The lowest BCUT2D eigenvalue weighted by Gasteiger charge is -2.39. The molecule has 3 rings (SSSR count). The first kappa shape index (κ1) is 17.5. The Morgan fingerprint density at radius 3 is 2.28 bits per heavy atom. The molecule has 1 aliphatic heterocycles. The molecule has 25 heavy (non-hydrogen) atoms. The van der Waals surface area contributed by atoms with Gasteiger partial charge in [-0.1, -0.05) is 56.3 Å². The molecule has 132 valence electrons. The summed E-state index contributed by atoms with van der Waals surface area (Å²) in [6.45, 7) is 9.64. The van der Waals surface area contributed by atoms with Crippen molar-refractivity contribution in [3.63, 3.8) is 0 Å². The van der Waals surface area contributed by atoms with Gasteiger partial charge < -0.3 is 9.80 Å². The van der Waals surface area contributed by atoms with E-state index < -0.39 is 0 Å². The highest BCUT2D eigenvalue weighted by molar-refractivity contribution is 5.82. The summed E-state index contributed by atoms with van der Waals surface area (Å²) in [5, 5.41) is 0. The predicted molar refractivity (Wildman–Crippen MR) is 104 cm³/mol. The molecule has 1 saturated heterocycles. The topological polar surface area (TPSA) is 23.6 Å². The van der Waals surface area contributed by atoms with Crippen LogP contribution in [0.25, 0.3) is 0 Å². The molecule has 0 N–H and O–H groups in total. The predicted octanol–water partition coefficient (Wildman–Crippen LogP) is 3.91. The van der Waals surface area contributed by atoms with E-state index in [1.165, 1.54) is 16.8 Å². The summed E-state index contributed by atoms with van der Waals surface area (Å²) >= 11 is 0. The number of amides is 1. The molecule has 0 saturated carbocycles. The molecule has 0 unspecified atom stereocenters. The molecule has 1 heterocycles. The van der Waals surface area contributed by atoms with Gasteiger partial charge in [0, 0.05) is 37.3 Å². The van der Waals surface area contributed by atoms with Crippen LogP contribution in [0.2, 0.25) is 0 Å². The molecule has 0 spiro atoms. The van der Waals surface area contributed by atoms with Crippen molar-refractivity contribution in [3.8, 4) is 0 Å². The molecular weight excluding hydrogens is 308 g/mol. The van der Waals surface area contributed by atoms with Crippen LogP contribution in [-0.2, 0) is 11.2 Å². The van der Waals surface area contributed by atoms with Gasteiger partial charge in [-0.15, -0.1) is 0 Å². The Kier molecular flexibility index (Phi) is 5.12. The highest BCUT2D eigenvalue weighted by Gasteiger charge is 2.33. The Bertz CT molecular complexity index is 716. The Hall–Kier alpha value is -2.29. The van der Waals surface area contributed by atoms with Crippen molar-refractivity contribution in [2.24, 2.45) is 5.41 Å². The quantitative estimate of drug-likeness (QED) is 0.845. The number of nitrogens with zero attached hydrogens (tertiary/aromatic N) is 2. The summed E-state index contributed by atoms with van der Waals surface area (Å²) in [5.41, 5.74) is 3.39. The minimum Gasteiger partial charge on any atom is -0.368 e. The normalized spacial score (nSPS) is 15.3. The zero-order chi connectivity index (χ0) is 17.9. The number of aryl methyl sites for hydroxylation is 1. The Morgan fingerprint density at radius 1 is 0.960 bits per heavy atom. The van der Waals surface area contributed by atoms with Gasteiger partial charge in [-0.05, 0) is 36.6 Å². The van der Waals surface area contributed by atoms with Crippen LogP contribution in [0.3, 0.4) is 0 Å². The van der Waals surface area contributed by atoms with Crippen LogP contribution in [0.1, 0.15) is 25.0 Å². The van der Waals surface area contributed by atoms with Gasteiger partial charge in [-0.25, -0.2) is 0 Å². The molecule has 0 radical (unpaired) electrons. The van der Waals surface area contributed by atoms with E-state index in [-0.39, 0.29) is 11.3 Å². The molecule has 1 aliphatic rings. The lowest BCUT2D eigenvalue weighted by molar-refractivity contribution is -0.140. The van der Waals surface area contributed by atoms with Crippen molar-refractivity contribution >= 4 is 11.6 Å². The lowest BCUT2D eigenvalue weighted by Crippen LogP contribution is -2.52. The fourth-order valence-electron chi connectivity index (χ4n) is 3.60. The van der Waals surface area contributed by atoms with Gasteiger partial charge in [0.15, 0.2) is 0 Å². The van der Waals surface area contributed by atoms with Gasteiger partial charge in [0.25, 0.3) is 0 Å². The van der Waals surface area contributed by atoms with Gasteiger partial charge in [0.05, 0.1) is 0 Å². The number of rotatable bonds is 4. The van der Waals surface area contributed by atoms with E-state index in [4.69, 9.17) is 0 Å². The highest BCUT2D eigenvalue weighted by atomic mass is 16.2. The van der Waals surface area contributed by atoms with E-state index in [1.54, 1.807) is 0 Å².